The molecule has 2 atom stereocenters. The molecule has 1 aromatic rings. The Morgan fingerprint density at radius 2 is 2.09 bits per heavy atom. The Morgan fingerprint density at radius 3 is 2.73 bits per heavy atom. The standard InChI is InChI=1S/C18H24BrNOS/c19-18-9-13-6-14(10-18)8-17(7-13,12-18)11-16(21)20-4-3-15-2-1-5-22-15/h1-2,5,13-14H,3-4,6-12H2,(H,20,21). The number of thiophene rings is 1. The molecule has 2 unspecified atom stereocenters. The van der Waals surface area contributed by atoms with Gasteiger partial charge in [-0.2, -0.15) is 0 Å². The second-order valence-electron chi connectivity index (χ2n) is 7.97. The minimum absolute atomic E-state index is 0.273. The van der Waals surface area contributed by atoms with E-state index in [4.69, 9.17) is 0 Å². The van der Waals surface area contributed by atoms with Crippen LogP contribution in [0.2, 0.25) is 0 Å². The van der Waals surface area contributed by atoms with Crippen LogP contribution in [0.15, 0.2) is 17.5 Å². The van der Waals surface area contributed by atoms with Gasteiger partial charge in [0.15, 0.2) is 0 Å². The minimum Gasteiger partial charge on any atom is -0.356 e. The highest BCUT2D eigenvalue weighted by atomic mass is 79.9. The predicted octanol–water partition coefficient (Wildman–Crippen LogP) is 4.53. The highest BCUT2D eigenvalue weighted by Crippen LogP contribution is 2.65. The van der Waals surface area contributed by atoms with E-state index in [1.54, 1.807) is 11.3 Å². The second-order valence-corrected chi connectivity index (χ2v) is 10.7. The summed E-state index contributed by atoms with van der Waals surface area (Å²) >= 11 is 5.80. The molecule has 4 heteroatoms. The Bertz CT molecular complexity index is 541. The van der Waals surface area contributed by atoms with Crippen LogP contribution in [0, 0.1) is 17.3 Å². The van der Waals surface area contributed by atoms with Gasteiger partial charge in [0.25, 0.3) is 0 Å². The number of halogens is 1. The van der Waals surface area contributed by atoms with Crippen LogP contribution >= 0.6 is 27.3 Å². The third kappa shape index (κ3) is 3.01. The lowest BCUT2D eigenvalue weighted by Crippen LogP contribution is -2.54. The Hall–Kier alpha value is -0.350. The topological polar surface area (TPSA) is 29.1 Å². The van der Waals surface area contributed by atoms with Crippen molar-refractivity contribution in [2.24, 2.45) is 17.3 Å². The SMILES string of the molecule is O=C(CC12CC3CC(CC(Br)(C3)C1)C2)NCCc1cccs1. The normalized spacial score (nSPS) is 39.1. The molecule has 2 nitrogen and oxygen atoms in total. The number of carbonyl (C=O) groups is 1. The molecule has 0 aromatic carbocycles. The van der Waals surface area contributed by atoms with Crippen LogP contribution in [-0.2, 0) is 11.2 Å². The number of amides is 1. The third-order valence-electron chi connectivity index (χ3n) is 5.92. The molecule has 0 saturated heterocycles. The summed E-state index contributed by atoms with van der Waals surface area (Å²) in [4.78, 5) is 13.8. The first-order valence-electron chi connectivity index (χ1n) is 8.52. The Labute approximate surface area is 145 Å². The van der Waals surface area contributed by atoms with Crippen molar-refractivity contribution >= 4 is 33.2 Å². The molecule has 4 saturated carbocycles. The van der Waals surface area contributed by atoms with Crippen LogP contribution in [0.4, 0.5) is 0 Å². The fourth-order valence-electron chi connectivity index (χ4n) is 5.73. The molecule has 5 rings (SSSR count). The fraction of sp³-hybridized carbons (Fsp3) is 0.722. The van der Waals surface area contributed by atoms with Gasteiger partial charge in [0.05, 0.1) is 0 Å². The van der Waals surface area contributed by atoms with E-state index in [1.807, 2.05) is 0 Å². The third-order valence-corrected chi connectivity index (χ3v) is 7.78. The molecule has 0 radical (unpaired) electrons. The second kappa shape index (κ2) is 5.62. The van der Waals surface area contributed by atoms with Gasteiger partial charge in [0, 0.05) is 22.2 Å². The maximum atomic E-state index is 12.4. The van der Waals surface area contributed by atoms with E-state index in [0.29, 0.717) is 9.74 Å². The summed E-state index contributed by atoms with van der Waals surface area (Å²) in [6.07, 6.45) is 9.59. The van der Waals surface area contributed by atoms with Gasteiger partial charge in [-0.15, -0.1) is 11.3 Å². The molecule has 1 amide bonds. The number of hydrogen-bond donors (Lipinski definition) is 1. The molecule has 4 fully saturated rings. The summed E-state index contributed by atoms with van der Waals surface area (Å²) in [6, 6.07) is 4.22. The molecular weight excluding hydrogens is 358 g/mol. The molecular formula is C18H24BrNOS. The molecule has 22 heavy (non-hydrogen) atoms. The predicted molar refractivity (Wildman–Crippen MR) is 94.4 cm³/mol. The minimum atomic E-state index is 0.273. The van der Waals surface area contributed by atoms with Crippen molar-refractivity contribution < 1.29 is 4.79 Å². The van der Waals surface area contributed by atoms with Crippen LogP contribution in [0.25, 0.3) is 0 Å². The van der Waals surface area contributed by atoms with Crippen LogP contribution < -0.4 is 5.32 Å². The lowest BCUT2D eigenvalue weighted by atomic mass is 9.48. The average molecular weight is 382 g/mol. The highest BCUT2D eigenvalue weighted by molar-refractivity contribution is 9.10. The van der Waals surface area contributed by atoms with Crippen LogP contribution in [-0.4, -0.2) is 16.8 Å². The smallest absolute Gasteiger partial charge is 0.220 e. The van der Waals surface area contributed by atoms with Gasteiger partial charge >= 0.3 is 0 Å². The van der Waals surface area contributed by atoms with E-state index >= 15 is 0 Å². The van der Waals surface area contributed by atoms with Crippen molar-refractivity contribution in [3.63, 3.8) is 0 Å². The lowest BCUT2D eigenvalue weighted by Gasteiger charge is -2.60. The Balaban J connectivity index is 1.33. The van der Waals surface area contributed by atoms with E-state index in [2.05, 4.69) is 38.8 Å². The number of nitrogens with one attached hydrogen (secondary N) is 1. The maximum absolute atomic E-state index is 12.4. The quantitative estimate of drug-likeness (QED) is 0.745. The first kappa shape index (κ1) is 15.2. The summed E-state index contributed by atoms with van der Waals surface area (Å²) < 4.78 is 0.355. The van der Waals surface area contributed by atoms with Gasteiger partial charge in [-0.3, -0.25) is 4.79 Å². The monoisotopic (exact) mass is 381 g/mol. The van der Waals surface area contributed by atoms with E-state index in [9.17, 15) is 4.79 Å². The first-order valence-corrected chi connectivity index (χ1v) is 10.2. The molecule has 1 N–H and O–H groups in total. The number of alkyl halides is 1. The van der Waals surface area contributed by atoms with Gasteiger partial charge in [-0.1, -0.05) is 22.0 Å². The zero-order valence-electron chi connectivity index (χ0n) is 12.9. The first-order chi connectivity index (χ1) is 10.5. The van der Waals surface area contributed by atoms with Crippen molar-refractivity contribution in [1.82, 2.24) is 5.32 Å². The van der Waals surface area contributed by atoms with Crippen molar-refractivity contribution in [3.05, 3.63) is 22.4 Å². The summed E-state index contributed by atoms with van der Waals surface area (Å²) in [5, 5.41) is 5.26. The van der Waals surface area contributed by atoms with E-state index in [0.717, 1.165) is 31.2 Å². The zero-order valence-corrected chi connectivity index (χ0v) is 15.3. The Kier molecular flexibility index (Phi) is 3.88. The van der Waals surface area contributed by atoms with Crippen molar-refractivity contribution in [1.29, 1.82) is 0 Å². The van der Waals surface area contributed by atoms with E-state index < -0.39 is 0 Å². The number of rotatable bonds is 5. The molecule has 4 aliphatic carbocycles. The van der Waals surface area contributed by atoms with Crippen LogP contribution in [0.5, 0.6) is 0 Å². The molecule has 1 heterocycles. The Morgan fingerprint density at radius 1 is 1.32 bits per heavy atom. The molecule has 4 aliphatic rings. The molecule has 4 bridgehead atoms. The van der Waals surface area contributed by atoms with E-state index in [1.165, 1.54) is 43.4 Å². The van der Waals surface area contributed by atoms with Crippen molar-refractivity contribution in [2.75, 3.05) is 6.54 Å². The lowest BCUT2D eigenvalue weighted by molar-refractivity contribution is -0.128. The van der Waals surface area contributed by atoms with Crippen LogP contribution in [0.1, 0.15) is 49.8 Å². The van der Waals surface area contributed by atoms with Gasteiger partial charge in [-0.05, 0) is 73.6 Å². The summed E-state index contributed by atoms with van der Waals surface area (Å²) in [7, 11) is 0. The number of hydrogen-bond acceptors (Lipinski definition) is 2. The van der Waals surface area contributed by atoms with Crippen LogP contribution in [0.3, 0.4) is 0 Å². The summed E-state index contributed by atoms with van der Waals surface area (Å²) in [5.74, 6) is 1.99. The largest absolute Gasteiger partial charge is 0.356 e. The van der Waals surface area contributed by atoms with Gasteiger partial charge in [0.2, 0.25) is 5.91 Å². The highest BCUT2D eigenvalue weighted by Gasteiger charge is 2.57. The number of carbonyl (C=O) groups excluding carboxylic acids is 1. The van der Waals surface area contributed by atoms with Gasteiger partial charge < -0.3 is 5.32 Å². The summed E-state index contributed by atoms with van der Waals surface area (Å²) in [6.45, 7) is 0.780. The maximum Gasteiger partial charge on any atom is 0.220 e. The van der Waals surface area contributed by atoms with Gasteiger partial charge in [-0.25, -0.2) is 0 Å². The molecule has 0 aliphatic heterocycles. The molecule has 120 valence electrons. The average Bonchev–Trinajstić information content (AvgIpc) is 2.87. The van der Waals surface area contributed by atoms with Crippen molar-refractivity contribution in [3.8, 4) is 0 Å². The fourth-order valence-corrected chi connectivity index (χ4v) is 7.95. The molecule has 0 spiro atoms. The summed E-state index contributed by atoms with van der Waals surface area (Å²) in [5.41, 5.74) is 0.292. The van der Waals surface area contributed by atoms with Gasteiger partial charge in [0.1, 0.15) is 0 Å². The van der Waals surface area contributed by atoms with E-state index in [-0.39, 0.29) is 5.91 Å². The van der Waals surface area contributed by atoms with Crippen molar-refractivity contribution in [2.45, 2.75) is 55.7 Å². The zero-order chi connectivity index (χ0) is 15.2. The molecule has 1 aromatic heterocycles.